The molecule has 1 aliphatic heterocycles. The molecule has 1 aromatic rings. The second-order valence-electron chi connectivity index (χ2n) is 7.67. The van der Waals surface area contributed by atoms with Gasteiger partial charge < -0.3 is 19.1 Å². The second kappa shape index (κ2) is 13.7. The number of rotatable bonds is 12. The summed E-state index contributed by atoms with van der Waals surface area (Å²) >= 11 is 0. The zero-order valence-electron chi connectivity index (χ0n) is 18.1. The second-order valence-corrected chi connectivity index (χ2v) is 7.67. The molecule has 0 atom stereocenters. The van der Waals surface area contributed by atoms with Crippen LogP contribution in [0.2, 0.25) is 0 Å². The number of hydrogen-bond donors (Lipinski definition) is 0. The lowest BCUT2D eigenvalue weighted by Crippen LogP contribution is -2.50. The molecule has 0 radical (unpaired) electrons. The maximum Gasteiger partial charge on any atom is 0.231 e. The van der Waals surface area contributed by atoms with Crippen molar-refractivity contribution in [3.05, 3.63) is 18.2 Å². The van der Waals surface area contributed by atoms with Gasteiger partial charge in [-0.3, -0.25) is 0 Å². The number of fused-ring (bicyclic) bond motifs is 1. The highest BCUT2D eigenvalue weighted by Gasteiger charge is 2.24. The first-order valence-electron chi connectivity index (χ1n) is 11.0. The van der Waals surface area contributed by atoms with Gasteiger partial charge in [0.05, 0.1) is 26.2 Å². The van der Waals surface area contributed by atoms with E-state index < -0.39 is 0 Å². The number of quaternary nitrogens is 1. The Bertz CT molecular complexity index is 467. The quantitative estimate of drug-likeness (QED) is 0.451. The smallest absolute Gasteiger partial charge is 0.231 e. The van der Waals surface area contributed by atoms with Crippen LogP contribution in [0.1, 0.15) is 79.1 Å². The monoisotopic (exact) mass is 379 g/mol. The van der Waals surface area contributed by atoms with Crippen molar-refractivity contribution in [1.29, 1.82) is 0 Å². The van der Waals surface area contributed by atoms with Gasteiger partial charge in [0.15, 0.2) is 11.5 Å². The molecule has 0 aliphatic carbocycles. The van der Waals surface area contributed by atoms with Crippen molar-refractivity contribution in [2.45, 2.75) is 79.1 Å². The Labute approximate surface area is 167 Å². The molecule has 0 saturated heterocycles. The van der Waals surface area contributed by atoms with Gasteiger partial charge >= 0.3 is 0 Å². The lowest BCUT2D eigenvalue weighted by Gasteiger charge is -2.39. The molecule has 2 rings (SSSR count). The summed E-state index contributed by atoms with van der Waals surface area (Å²) in [5, 5.41) is 10.7. The standard InChI is InChI=1S/C16H36N.C7H6O3/c1-5-9-13-17(14-10-6-2,15-11-7-3)16-12-8-4;8-5-1-2-6-7(3-5)10-4-9-6/h5-16H2,1-4H3;1-3,8H,4H2/q+1;/p-1. The van der Waals surface area contributed by atoms with Gasteiger partial charge in [0, 0.05) is 0 Å². The minimum atomic E-state index is -0.0516. The molecule has 4 nitrogen and oxygen atoms in total. The molecule has 1 aromatic carbocycles. The van der Waals surface area contributed by atoms with Crippen molar-refractivity contribution in [1.82, 2.24) is 0 Å². The summed E-state index contributed by atoms with van der Waals surface area (Å²) in [7, 11) is 0. The predicted octanol–water partition coefficient (Wildman–Crippen LogP) is 5.49. The van der Waals surface area contributed by atoms with E-state index in [9.17, 15) is 5.11 Å². The fourth-order valence-electron chi connectivity index (χ4n) is 3.52. The van der Waals surface area contributed by atoms with E-state index >= 15 is 0 Å². The molecular formula is C23H41NO3. The maximum absolute atomic E-state index is 10.7. The zero-order valence-corrected chi connectivity index (χ0v) is 18.1. The van der Waals surface area contributed by atoms with E-state index in [0.717, 1.165) is 0 Å². The van der Waals surface area contributed by atoms with Gasteiger partial charge in [-0.15, -0.1) is 5.75 Å². The molecule has 4 heteroatoms. The number of unbranched alkanes of at least 4 members (excludes halogenated alkanes) is 4. The molecule has 156 valence electrons. The first-order valence-corrected chi connectivity index (χ1v) is 11.0. The molecule has 1 heterocycles. The number of nitrogens with zero attached hydrogens (tertiary/aromatic N) is 1. The summed E-state index contributed by atoms with van der Waals surface area (Å²) in [4.78, 5) is 0. The SMILES string of the molecule is CCCC[N+](CCCC)(CCCC)CCCC.[O-]c1ccc2c(c1)OCO2. The van der Waals surface area contributed by atoms with Gasteiger partial charge in [-0.05, 0) is 37.8 Å². The van der Waals surface area contributed by atoms with Crippen LogP contribution in [0.25, 0.3) is 0 Å². The largest absolute Gasteiger partial charge is 0.872 e. The topological polar surface area (TPSA) is 41.5 Å². The van der Waals surface area contributed by atoms with Crippen LogP contribution in [0.4, 0.5) is 0 Å². The summed E-state index contributed by atoms with van der Waals surface area (Å²) < 4.78 is 11.4. The van der Waals surface area contributed by atoms with E-state index in [4.69, 9.17) is 9.47 Å². The van der Waals surface area contributed by atoms with Crippen molar-refractivity contribution in [3.63, 3.8) is 0 Å². The number of ether oxygens (including phenoxy) is 2. The average molecular weight is 380 g/mol. The number of benzene rings is 1. The molecular weight excluding hydrogens is 338 g/mol. The van der Waals surface area contributed by atoms with Gasteiger partial charge in [-0.25, -0.2) is 0 Å². The summed E-state index contributed by atoms with van der Waals surface area (Å²) in [6, 6.07) is 4.49. The van der Waals surface area contributed by atoms with E-state index in [1.807, 2.05) is 0 Å². The van der Waals surface area contributed by atoms with E-state index in [1.54, 1.807) is 6.07 Å². The summed E-state index contributed by atoms with van der Waals surface area (Å²) in [5.74, 6) is 1.15. The molecule has 27 heavy (non-hydrogen) atoms. The van der Waals surface area contributed by atoms with Crippen molar-refractivity contribution in [2.75, 3.05) is 33.0 Å². The van der Waals surface area contributed by atoms with Crippen LogP contribution >= 0.6 is 0 Å². The lowest BCUT2D eigenvalue weighted by molar-refractivity contribution is -0.929. The molecule has 0 spiro atoms. The molecule has 0 bridgehead atoms. The lowest BCUT2D eigenvalue weighted by atomic mass is 10.1. The zero-order chi connectivity index (χ0) is 20.0. The Morgan fingerprint density at radius 2 is 1.19 bits per heavy atom. The highest BCUT2D eigenvalue weighted by molar-refractivity contribution is 5.45. The van der Waals surface area contributed by atoms with Crippen LogP contribution in [-0.4, -0.2) is 37.5 Å². The Kier molecular flexibility index (Phi) is 12.0. The van der Waals surface area contributed by atoms with Gasteiger partial charge in [-0.2, -0.15) is 0 Å². The normalized spacial score (nSPS) is 12.6. The van der Waals surface area contributed by atoms with E-state index in [0.29, 0.717) is 11.5 Å². The molecule has 0 fully saturated rings. The highest BCUT2D eigenvalue weighted by Crippen LogP contribution is 2.33. The summed E-state index contributed by atoms with van der Waals surface area (Å²) in [6.45, 7) is 15.2. The van der Waals surface area contributed by atoms with E-state index in [-0.39, 0.29) is 12.5 Å². The third kappa shape index (κ3) is 8.87. The molecule has 0 saturated carbocycles. The fraction of sp³-hybridized carbons (Fsp3) is 0.739. The molecule has 0 unspecified atom stereocenters. The Morgan fingerprint density at radius 1 is 0.741 bits per heavy atom. The first kappa shape index (κ1) is 23.6. The van der Waals surface area contributed by atoms with Crippen LogP contribution in [0.3, 0.4) is 0 Å². The third-order valence-corrected chi connectivity index (χ3v) is 5.29. The van der Waals surface area contributed by atoms with Crippen LogP contribution in [0, 0.1) is 0 Å². The van der Waals surface area contributed by atoms with E-state index in [2.05, 4.69) is 27.7 Å². The molecule has 1 aliphatic rings. The van der Waals surface area contributed by atoms with Gasteiger partial charge in [0.1, 0.15) is 0 Å². The van der Waals surface area contributed by atoms with Crippen molar-refractivity contribution < 1.29 is 19.1 Å². The van der Waals surface area contributed by atoms with Crippen LogP contribution in [-0.2, 0) is 0 Å². The molecule has 0 aromatic heterocycles. The van der Waals surface area contributed by atoms with Crippen LogP contribution < -0.4 is 14.6 Å². The first-order chi connectivity index (χ1) is 13.1. The van der Waals surface area contributed by atoms with Gasteiger partial charge in [0.2, 0.25) is 6.79 Å². The van der Waals surface area contributed by atoms with Crippen molar-refractivity contribution in [2.24, 2.45) is 0 Å². The van der Waals surface area contributed by atoms with Gasteiger partial charge in [0.25, 0.3) is 0 Å². The average Bonchev–Trinajstić information content (AvgIpc) is 3.15. The summed E-state index contributed by atoms with van der Waals surface area (Å²) in [6.07, 6.45) is 11.1. The molecule has 0 N–H and O–H groups in total. The maximum atomic E-state index is 10.7. The minimum Gasteiger partial charge on any atom is -0.872 e. The Balaban J connectivity index is 0.000000303. The predicted molar refractivity (Wildman–Crippen MR) is 111 cm³/mol. The van der Waals surface area contributed by atoms with Crippen LogP contribution in [0.15, 0.2) is 18.2 Å². The van der Waals surface area contributed by atoms with E-state index in [1.165, 1.54) is 94.2 Å². The molecule has 0 amide bonds. The fourth-order valence-corrected chi connectivity index (χ4v) is 3.52. The minimum absolute atomic E-state index is 0.0516. The van der Waals surface area contributed by atoms with Gasteiger partial charge in [-0.1, -0.05) is 59.4 Å². The van der Waals surface area contributed by atoms with Crippen molar-refractivity contribution in [3.8, 4) is 17.2 Å². The Hall–Kier alpha value is -1.42. The third-order valence-electron chi connectivity index (χ3n) is 5.29. The highest BCUT2D eigenvalue weighted by atomic mass is 16.7. The summed E-state index contributed by atoms with van der Waals surface area (Å²) in [5.41, 5.74) is 0. The number of hydrogen-bond acceptors (Lipinski definition) is 3. The van der Waals surface area contributed by atoms with Crippen molar-refractivity contribution >= 4 is 0 Å². The van der Waals surface area contributed by atoms with Crippen LogP contribution in [0.5, 0.6) is 17.2 Å². The Morgan fingerprint density at radius 3 is 1.63 bits per heavy atom.